The van der Waals surface area contributed by atoms with E-state index in [1.165, 1.54) is 0 Å². The van der Waals surface area contributed by atoms with Crippen LogP contribution in [0.5, 0.6) is 0 Å². The SMILES string of the molecule is CC(C)[Si](C#Cc1cc(Cl)ccc1C1(C)C=CC(=O)C=C1)(C(C)C)C(C)C. The van der Waals surface area contributed by atoms with E-state index in [0.29, 0.717) is 21.6 Å². The van der Waals surface area contributed by atoms with Gasteiger partial charge in [-0.1, -0.05) is 77.3 Å². The molecule has 2 rings (SSSR count). The third-order valence-corrected chi connectivity index (χ3v) is 12.6. The second kappa shape index (κ2) is 8.21. The van der Waals surface area contributed by atoms with Crippen LogP contribution in [0.2, 0.25) is 21.6 Å². The van der Waals surface area contributed by atoms with Crippen molar-refractivity contribution in [3.8, 4) is 11.5 Å². The standard InChI is InChI=1S/C24H31ClOSi/c1-17(2)27(18(3)4,19(5)6)15-12-20-16-21(25)8-9-23(20)24(7)13-10-22(26)11-14-24/h8-11,13-14,16-19H,1-7H3. The molecule has 0 heterocycles. The molecule has 1 aromatic rings. The van der Waals surface area contributed by atoms with Gasteiger partial charge in [0.05, 0.1) is 0 Å². The molecule has 1 aromatic carbocycles. The molecule has 0 bridgehead atoms. The minimum Gasteiger partial charge on any atom is -0.290 e. The lowest BCUT2D eigenvalue weighted by Crippen LogP contribution is -2.43. The number of rotatable bonds is 4. The average molecular weight is 399 g/mol. The van der Waals surface area contributed by atoms with Gasteiger partial charge in [-0.2, -0.15) is 0 Å². The molecule has 0 saturated carbocycles. The van der Waals surface area contributed by atoms with E-state index in [0.717, 1.165) is 11.1 Å². The van der Waals surface area contributed by atoms with Crippen molar-refractivity contribution in [1.82, 2.24) is 0 Å². The van der Waals surface area contributed by atoms with Gasteiger partial charge < -0.3 is 0 Å². The fraction of sp³-hybridized carbons (Fsp3) is 0.458. The molecule has 0 aliphatic heterocycles. The third kappa shape index (κ3) is 4.31. The Labute approximate surface area is 170 Å². The molecular weight excluding hydrogens is 368 g/mol. The zero-order chi connectivity index (χ0) is 20.4. The van der Waals surface area contributed by atoms with E-state index in [2.05, 4.69) is 59.9 Å². The van der Waals surface area contributed by atoms with Crippen molar-refractivity contribution in [2.75, 3.05) is 0 Å². The van der Waals surface area contributed by atoms with Gasteiger partial charge in [-0.05, 0) is 53.4 Å². The summed E-state index contributed by atoms with van der Waals surface area (Å²) in [5.74, 6) is 3.58. The zero-order valence-corrected chi connectivity index (χ0v) is 19.3. The summed E-state index contributed by atoms with van der Waals surface area (Å²) < 4.78 is 0. The van der Waals surface area contributed by atoms with Crippen LogP contribution >= 0.6 is 11.6 Å². The van der Waals surface area contributed by atoms with Crippen LogP contribution in [0.25, 0.3) is 0 Å². The van der Waals surface area contributed by atoms with Crippen molar-refractivity contribution in [2.45, 2.75) is 70.5 Å². The van der Waals surface area contributed by atoms with Gasteiger partial charge in [-0.25, -0.2) is 0 Å². The summed E-state index contributed by atoms with van der Waals surface area (Å²) in [6, 6.07) is 5.91. The number of halogens is 1. The quantitative estimate of drug-likeness (QED) is 0.399. The van der Waals surface area contributed by atoms with E-state index in [9.17, 15) is 4.79 Å². The van der Waals surface area contributed by atoms with Crippen molar-refractivity contribution >= 4 is 25.5 Å². The van der Waals surface area contributed by atoms with Gasteiger partial charge in [0, 0.05) is 16.0 Å². The monoisotopic (exact) mass is 398 g/mol. The van der Waals surface area contributed by atoms with E-state index in [-0.39, 0.29) is 11.2 Å². The molecule has 0 N–H and O–H groups in total. The Balaban J connectivity index is 2.63. The Morgan fingerprint density at radius 3 is 1.96 bits per heavy atom. The van der Waals surface area contributed by atoms with E-state index in [1.54, 1.807) is 12.2 Å². The Morgan fingerprint density at radius 1 is 0.963 bits per heavy atom. The van der Waals surface area contributed by atoms with Crippen LogP contribution in [-0.2, 0) is 10.2 Å². The summed E-state index contributed by atoms with van der Waals surface area (Å²) in [4.78, 5) is 11.6. The maximum atomic E-state index is 11.6. The second-order valence-corrected chi connectivity index (χ2v) is 14.7. The maximum absolute atomic E-state index is 11.6. The predicted octanol–water partition coefficient (Wildman–Crippen LogP) is 6.86. The van der Waals surface area contributed by atoms with Crippen LogP contribution in [0.3, 0.4) is 0 Å². The minimum atomic E-state index is -1.83. The first-order valence-corrected chi connectivity index (χ1v) is 12.4. The summed E-state index contributed by atoms with van der Waals surface area (Å²) in [6.45, 7) is 16.0. The zero-order valence-electron chi connectivity index (χ0n) is 17.6. The molecular formula is C24H31ClOSi. The lowest BCUT2D eigenvalue weighted by atomic mass is 9.77. The number of carbonyl (C=O) groups excluding carboxylic acids is 1. The highest BCUT2D eigenvalue weighted by Gasteiger charge is 2.41. The molecule has 1 aliphatic carbocycles. The molecule has 0 unspecified atom stereocenters. The topological polar surface area (TPSA) is 17.1 Å². The van der Waals surface area contributed by atoms with Crippen molar-refractivity contribution in [3.05, 3.63) is 58.7 Å². The second-order valence-electron chi connectivity index (χ2n) is 8.69. The first kappa shape index (κ1) is 21.7. The third-order valence-electron chi connectivity index (χ3n) is 6.03. The van der Waals surface area contributed by atoms with Crippen LogP contribution in [0.1, 0.15) is 59.6 Å². The van der Waals surface area contributed by atoms with Crippen LogP contribution in [-0.4, -0.2) is 13.9 Å². The molecule has 0 aromatic heterocycles. The fourth-order valence-electron chi connectivity index (χ4n) is 4.50. The van der Waals surface area contributed by atoms with Gasteiger partial charge in [0.2, 0.25) is 0 Å². The number of ketones is 1. The van der Waals surface area contributed by atoms with E-state index in [4.69, 9.17) is 11.6 Å². The minimum absolute atomic E-state index is 0.0277. The molecule has 1 aliphatic rings. The maximum Gasteiger partial charge on any atom is 0.178 e. The fourth-order valence-corrected chi connectivity index (χ4v) is 9.89. The van der Waals surface area contributed by atoms with Crippen LogP contribution in [0.4, 0.5) is 0 Å². The van der Waals surface area contributed by atoms with Crippen molar-refractivity contribution in [2.24, 2.45) is 0 Å². The Kier molecular flexibility index (Phi) is 6.61. The van der Waals surface area contributed by atoms with Crippen LogP contribution in [0.15, 0.2) is 42.5 Å². The molecule has 1 nitrogen and oxygen atoms in total. The number of hydrogen-bond donors (Lipinski definition) is 0. The van der Waals surface area contributed by atoms with Crippen molar-refractivity contribution < 1.29 is 4.79 Å². The first-order chi connectivity index (χ1) is 12.5. The number of hydrogen-bond acceptors (Lipinski definition) is 1. The van der Waals surface area contributed by atoms with E-state index < -0.39 is 8.07 Å². The average Bonchev–Trinajstić information content (AvgIpc) is 2.57. The van der Waals surface area contributed by atoms with Crippen molar-refractivity contribution in [3.63, 3.8) is 0 Å². The van der Waals surface area contributed by atoms with E-state index in [1.807, 2.05) is 30.4 Å². The largest absolute Gasteiger partial charge is 0.290 e. The van der Waals surface area contributed by atoms with Gasteiger partial charge in [-0.3, -0.25) is 4.79 Å². The van der Waals surface area contributed by atoms with Crippen molar-refractivity contribution in [1.29, 1.82) is 0 Å². The lowest BCUT2D eigenvalue weighted by Gasteiger charge is -2.38. The summed E-state index contributed by atoms with van der Waals surface area (Å²) in [6.07, 6.45) is 7.20. The molecule has 0 fully saturated rings. The summed E-state index contributed by atoms with van der Waals surface area (Å²) in [5, 5.41) is 0.692. The molecule has 0 radical (unpaired) electrons. The van der Waals surface area contributed by atoms with Gasteiger partial charge >= 0.3 is 0 Å². The first-order valence-electron chi connectivity index (χ1n) is 9.78. The smallest absolute Gasteiger partial charge is 0.178 e. The van der Waals surface area contributed by atoms with Gasteiger partial charge in [0.1, 0.15) is 8.07 Å². The highest BCUT2D eigenvalue weighted by molar-refractivity contribution is 6.90. The molecule has 27 heavy (non-hydrogen) atoms. The Hall–Kier alpha value is -1.56. The number of allylic oxidation sites excluding steroid dienone is 4. The highest BCUT2D eigenvalue weighted by Crippen LogP contribution is 2.41. The number of carbonyl (C=O) groups is 1. The van der Waals surface area contributed by atoms with Gasteiger partial charge in [-0.15, -0.1) is 5.54 Å². The Morgan fingerprint density at radius 2 is 1.48 bits per heavy atom. The lowest BCUT2D eigenvalue weighted by molar-refractivity contribution is -0.110. The molecule has 0 spiro atoms. The molecule has 0 atom stereocenters. The highest BCUT2D eigenvalue weighted by atomic mass is 35.5. The molecule has 144 valence electrons. The van der Waals surface area contributed by atoms with Gasteiger partial charge in [0.15, 0.2) is 5.78 Å². The van der Waals surface area contributed by atoms with Gasteiger partial charge in [0.25, 0.3) is 0 Å². The Bertz CT molecular complexity index is 796. The summed E-state index contributed by atoms with van der Waals surface area (Å²) >= 11 is 6.32. The van der Waals surface area contributed by atoms with Crippen LogP contribution in [0, 0.1) is 11.5 Å². The summed E-state index contributed by atoms with van der Waals surface area (Å²) in [7, 11) is -1.83. The molecule has 0 saturated heterocycles. The summed E-state index contributed by atoms with van der Waals surface area (Å²) in [5.41, 5.74) is 7.25. The van der Waals surface area contributed by atoms with Crippen LogP contribution < -0.4 is 0 Å². The predicted molar refractivity (Wildman–Crippen MR) is 120 cm³/mol. The molecule has 0 amide bonds. The normalized spacial score (nSPS) is 16.2. The number of benzene rings is 1. The molecule has 3 heteroatoms. The van der Waals surface area contributed by atoms with E-state index >= 15 is 0 Å².